The SMILES string of the molecule is N#Cc1ccc(CN[C@@H]2CCCc3c2[nH]c2ccc(Br)cc32)cc1. The van der Waals surface area contributed by atoms with Gasteiger partial charge in [0, 0.05) is 33.7 Å². The summed E-state index contributed by atoms with van der Waals surface area (Å²) in [7, 11) is 0. The second kappa shape index (κ2) is 6.43. The Morgan fingerprint density at radius 2 is 2.04 bits per heavy atom. The molecule has 0 unspecified atom stereocenters. The topological polar surface area (TPSA) is 51.6 Å². The second-order valence-corrected chi connectivity index (χ2v) is 7.26. The van der Waals surface area contributed by atoms with Gasteiger partial charge in [-0.1, -0.05) is 28.1 Å². The molecule has 1 aliphatic rings. The summed E-state index contributed by atoms with van der Waals surface area (Å²) in [6, 6.07) is 16.8. The van der Waals surface area contributed by atoms with Crippen molar-refractivity contribution in [3.63, 3.8) is 0 Å². The molecule has 1 aliphatic carbocycles. The number of benzene rings is 2. The summed E-state index contributed by atoms with van der Waals surface area (Å²) in [6.07, 6.45) is 3.50. The van der Waals surface area contributed by atoms with Crippen LogP contribution >= 0.6 is 15.9 Å². The van der Waals surface area contributed by atoms with Crippen molar-refractivity contribution in [2.45, 2.75) is 31.8 Å². The summed E-state index contributed by atoms with van der Waals surface area (Å²) in [4.78, 5) is 3.62. The van der Waals surface area contributed by atoms with Gasteiger partial charge in [-0.25, -0.2) is 0 Å². The van der Waals surface area contributed by atoms with Crippen LogP contribution in [0, 0.1) is 11.3 Å². The lowest BCUT2D eigenvalue weighted by Crippen LogP contribution is -2.24. The normalized spacial score (nSPS) is 16.8. The lowest BCUT2D eigenvalue weighted by molar-refractivity contribution is 0.452. The van der Waals surface area contributed by atoms with Crippen LogP contribution in [0.5, 0.6) is 0 Å². The molecule has 0 aliphatic heterocycles. The molecule has 1 atom stereocenters. The van der Waals surface area contributed by atoms with Crippen molar-refractivity contribution >= 4 is 26.8 Å². The molecule has 0 radical (unpaired) electrons. The summed E-state index contributed by atoms with van der Waals surface area (Å²) >= 11 is 3.58. The standard InChI is InChI=1S/C20H18BrN3/c21-15-8-9-18-17(10-15)16-2-1-3-19(20(16)24-18)23-12-14-6-4-13(11-22)5-7-14/h4-10,19,23-24H,1-3,12H2/t19-/m1/s1. The van der Waals surface area contributed by atoms with E-state index in [1.807, 2.05) is 24.3 Å². The van der Waals surface area contributed by atoms with E-state index in [0.717, 1.165) is 23.9 Å². The Morgan fingerprint density at radius 3 is 2.83 bits per heavy atom. The maximum absolute atomic E-state index is 8.89. The van der Waals surface area contributed by atoms with Gasteiger partial charge in [-0.15, -0.1) is 0 Å². The third kappa shape index (κ3) is 2.86. The van der Waals surface area contributed by atoms with E-state index in [4.69, 9.17) is 5.26 Å². The van der Waals surface area contributed by atoms with Crippen LogP contribution in [-0.2, 0) is 13.0 Å². The Hall–Kier alpha value is -2.09. The molecule has 0 fully saturated rings. The fourth-order valence-corrected chi connectivity index (χ4v) is 3.94. The van der Waals surface area contributed by atoms with Crippen LogP contribution in [0.25, 0.3) is 10.9 Å². The lowest BCUT2D eigenvalue weighted by atomic mass is 9.91. The number of nitrogens with zero attached hydrogens (tertiary/aromatic N) is 1. The first-order valence-electron chi connectivity index (χ1n) is 8.27. The molecule has 3 aromatic rings. The molecule has 3 nitrogen and oxygen atoms in total. The van der Waals surface area contributed by atoms with Crippen LogP contribution in [-0.4, -0.2) is 4.98 Å². The minimum Gasteiger partial charge on any atom is -0.357 e. The molecular weight excluding hydrogens is 362 g/mol. The Labute approximate surface area is 149 Å². The highest BCUT2D eigenvalue weighted by Crippen LogP contribution is 2.35. The molecule has 1 aromatic heterocycles. The highest BCUT2D eigenvalue weighted by molar-refractivity contribution is 9.10. The molecule has 4 rings (SSSR count). The van der Waals surface area contributed by atoms with E-state index in [9.17, 15) is 0 Å². The number of H-pyrrole nitrogens is 1. The van der Waals surface area contributed by atoms with Gasteiger partial charge in [-0.2, -0.15) is 5.26 Å². The van der Waals surface area contributed by atoms with Gasteiger partial charge in [0.2, 0.25) is 0 Å². The average Bonchev–Trinajstić information content (AvgIpc) is 2.99. The van der Waals surface area contributed by atoms with Crippen LogP contribution in [0.3, 0.4) is 0 Å². The molecule has 2 aromatic carbocycles. The molecule has 0 saturated heterocycles. The van der Waals surface area contributed by atoms with Gasteiger partial charge in [0.05, 0.1) is 11.6 Å². The van der Waals surface area contributed by atoms with E-state index in [1.54, 1.807) is 0 Å². The van der Waals surface area contributed by atoms with E-state index in [1.165, 1.54) is 34.1 Å². The van der Waals surface area contributed by atoms with Crippen molar-refractivity contribution in [1.82, 2.24) is 10.3 Å². The molecule has 4 heteroatoms. The first-order valence-corrected chi connectivity index (χ1v) is 9.06. The van der Waals surface area contributed by atoms with Crippen molar-refractivity contribution in [2.24, 2.45) is 0 Å². The maximum Gasteiger partial charge on any atom is 0.0991 e. The van der Waals surface area contributed by atoms with Crippen LogP contribution < -0.4 is 5.32 Å². The lowest BCUT2D eigenvalue weighted by Gasteiger charge is -2.24. The third-order valence-electron chi connectivity index (χ3n) is 4.80. The third-order valence-corrected chi connectivity index (χ3v) is 5.30. The number of nitriles is 1. The number of rotatable bonds is 3. The zero-order valence-corrected chi connectivity index (χ0v) is 14.9. The number of hydrogen-bond acceptors (Lipinski definition) is 2. The van der Waals surface area contributed by atoms with E-state index in [0.29, 0.717) is 11.6 Å². The van der Waals surface area contributed by atoms with Crippen molar-refractivity contribution in [1.29, 1.82) is 5.26 Å². The minimum absolute atomic E-state index is 0.357. The Kier molecular flexibility index (Phi) is 4.13. The highest BCUT2D eigenvalue weighted by atomic mass is 79.9. The minimum atomic E-state index is 0.357. The van der Waals surface area contributed by atoms with E-state index in [-0.39, 0.29) is 0 Å². The van der Waals surface area contributed by atoms with Gasteiger partial charge in [-0.05, 0) is 60.7 Å². The monoisotopic (exact) mass is 379 g/mol. The van der Waals surface area contributed by atoms with Gasteiger partial charge in [0.15, 0.2) is 0 Å². The summed E-state index contributed by atoms with van der Waals surface area (Å²) < 4.78 is 1.13. The largest absolute Gasteiger partial charge is 0.357 e. The summed E-state index contributed by atoms with van der Waals surface area (Å²) in [6.45, 7) is 0.814. The summed E-state index contributed by atoms with van der Waals surface area (Å²) in [5.41, 5.74) is 5.92. The first-order chi connectivity index (χ1) is 11.7. The van der Waals surface area contributed by atoms with Gasteiger partial charge < -0.3 is 10.3 Å². The molecule has 1 heterocycles. The smallest absolute Gasteiger partial charge is 0.0991 e. The number of aromatic amines is 1. The fourth-order valence-electron chi connectivity index (χ4n) is 3.58. The Bertz CT molecular complexity index is 918. The number of fused-ring (bicyclic) bond motifs is 3. The highest BCUT2D eigenvalue weighted by Gasteiger charge is 2.23. The van der Waals surface area contributed by atoms with Crippen molar-refractivity contribution in [3.8, 4) is 6.07 Å². The van der Waals surface area contributed by atoms with E-state index in [2.05, 4.69) is 50.5 Å². The van der Waals surface area contributed by atoms with Crippen LogP contribution in [0.2, 0.25) is 0 Å². The number of aromatic nitrogens is 1. The molecule has 24 heavy (non-hydrogen) atoms. The van der Waals surface area contributed by atoms with Crippen LogP contribution in [0.4, 0.5) is 0 Å². The predicted octanol–water partition coefficient (Wildman–Crippen LogP) is 4.97. The summed E-state index contributed by atoms with van der Waals surface area (Å²) in [5, 5.41) is 13.9. The van der Waals surface area contributed by atoms with E-state index < -0.39 is 0 Å². The fraction of sp³-hybridized carbons (Fsp3) is 0.250. The predicted molar refractivity (Wildman–Crippen MR) is 99.7 cm³/mol. The number of hydrogen-bond donors (Lipinski definition) is 2. The Balaban J connectivity index is 1.57. The molecular formula is C20H18BrN3. The quantitative estimate of drug-likeness (QED) is 0.674. The second-order valence-electron chi connectivity index (χ2n) is 6.34. The number of halogens is 1. The zero-order valence-electron chi connectivity index (χ0n) is 13.3. The zero-order chi connectivity index (χ0) is 16.5. The first kappa shape index (κ1) is 15.4. The van der Waals surface area contributed by atoms with E-state index >= 15 is 0 Å². The molecule has 0 saturated carbocycles. The van der Waals surface area contributed by atoms with Gasteiger partial charge in [0.25, 0.3) is 0 Å². The van der Waals surface area contributed by atoms with Crippen LogP contribution in [0.1, 0.15) is 41.3 Å². The molecule has 120 valence electrons. The van der Waals surface area contributed by atoms with Crippen LogP contribution in [0.15, 0.2) is 46.9 Å². The van der Waals surface area contributed by atoms with Crippen molar-refractivity contribution in [3.05, 3.63) is 69.3 Å². The molecule has 0 bridgehead atoms. The summed E-state index contributed by atoms with van der Waals surface area (Å²) in [5.74, 6) is 0. The van der Waals surface area contributed by atoms with Gasteiger partial charge in [0.1, 0.15) is 0 Å². The number of aryl methyl sites for hydroxylation is 1. The molecule has 0 spiro atoms. The molecule has 2 N–H and O–H groups in total. The van der Waals surface area contributed by atoms with Crippen molar-refractivity contribution in [2.75, 3.05) is 0 Å². The number of nitrogens with one attached hydrogen (secondary N) is 2. The van der Waals surface area contributed by atoms with Gasteiger partial charge in [-0.3, -0.25) is 0 Å². The van der Waals surface area contributed by atoms with Crippen molar-refractivity contribution < 1.29 is 0 Å². The Morgan fingerprint density at radius 1 is 1.21 bits per heavy atom. The average molecular weight is 380 g/mol. The van der Waals surface area contributed by atoms with Gasteiger partial charge >= 0.3 is 0 Å². The molecule has 0 amide bonds. The maximum atomic E-state index is 8.89.